The van der Waals surface area contributed by atoms with E-state index in [-0.39, 0.29) is 0 Å². The molecule has 0 aromatic carbocycles. The van der Waals surface area contributed by atoms with Crippen LogP contribution in [-0.2, 0) is 0 Å². The maximum atomic E-state index is 3.72. The van der Waals surface area contributed by atoms with E-state index in [0.29, 0.717) is 0 Å². The number of hydrogen-bond acceptors (Lipinski definition) is 2. The number of hydrogen-bond donors (Lipinski definition) is 1. The fourth-order valence-electron chi connectivity index (χ4n) is 4.13. The molecule has 16 heavy (non-hydrogen) atoms. The third kappa shape index (κ3) is 2.02. The summed E-state index contributed by atoms with van der Waals surface area (Å²) in [6, 6.07) is 1.76. The van der Waals surface area contributed by atoms with E-state index in [1.807, 2.05) is 0 Å². The molecule has 1 saturated carbocycles. The van der Waals surface area contributed by atoms with Crippen LogP contribution in [0.15, 0.2) is 0 Å². The summed E-state index contributed by atoms with van der Waals surface area (Å²) in [7, 11) is 0. The molecule has 2 saturated heterocycles. The van der Waals surface area contributed by atoms with Gasteiger partial charge in [0.1, 0.15) is 0 Å². The third-order valence-corrected chi connectivity index (χ3v) is 5.23. The van der Waals surface area contributed by atoms with Gasteiger partial charge in [0, 0.05) is 25.2 Å². The van der Waals surface area contributed by atoms with Crippen molar-refractivity contribution in [3.8, 4) is 0 Å². The van der Waals surface area contributed by atoms with Gasteiger partial charge in [-0.15, -0.1) is 0 Å². The standard InChI is InChI=1S/C14H26N2/c1-2-11-5-6-13(8-11)16-9-12-4-3-7-15-14(12)10-16/h11-15H,2-10H2,1H3. The molecule has 0 spiro atoms. The van der Waals surface area contributed by atoms with Crippen LogP contribution in [0.4, 0.5) is 0 Å². The summed E-state index contributed by atoms with van der Waals surface area (Å²) in [4.78, 5) is 2.81. The number of rotatable bonds is 2. The van der Waals surface area contributed by atoms with Crippen LogP contribution in [-0.4, -0.2) is 36.6 Å². The van der Waals surface area contributed by atoms with Crippen LogP contribution in [0, 0.1) is 11.8 Å². The van der Waals surface area contributed by atoms with E-state index in [4.69, 9.17) is 0 Å². The van der Waals surface area contributed by atoms with Crippen LogP contribution in [0.2, 0.25) is 0 Å². The zero-order valence-electron chi connectivity index (χ0n) is 10.6. The minimum atomic E-state index is 0.828. The highest BCUT2D eigenvalue weighted by Crippen LogP contribution is 2.35. The molecule has 2 heteroatoms. The normalized spacial score (nSPS) is 44.8. The highest BCUT2D eigenvalue weighted by Gasteiger charge is 2.39. The Labute approximate surface area is 99.8 Å². The topological polar surface area (TPSA) is 15.3 Å². The molecule has 0 radical (unpaired) electrons. The third-order valence-electron chi connectivity index (χ3n) is 5.23. The number of piperidine rings is 1. The SMILES string of the molecule is CCC1CCC(N2CC3CCCNC3C2)C1. The largest absolute Gasteiger partial charge is 0.312 e. The quantitative estimate of drug-likeness (QED) is 0.771. The maximum absolute atomic E-state index is 3.72. The molecule has 0 amide bonds. The fraction of sp³-hybridized carbons (Fsp3) is 1.00. The van der Waals surface area contributed by atoms with Gasteiger partial charge in [-0.2, -0.15) is 0 Å². The molecule has 0 aromatic rings. The van der Waals surface area contributed by atoms with Crippen molar-refractivity contribution in [3.63, 3.8) is 0 Å². The molecular weight excluding hydrogens is 196 g/mol. The Bertz CT molecular complexity index is 227. The van der Waals surface area contributed by atoms with Gasteiger partial charge in [-0.05, 0) is 50.5 Å². The highest BCUT2D eigenvalue weighted by molar-refractivity contribution is 4.95. The Morgan fingerprint density at radius 2 is 2.12 bits per heavy atom. The van der Waals surface area contributed by atoms with Crippen molar-refractivity contribution < 1.29 is 0 Å². The summed E-state index contributed by atoms with van der Waals surface area (Å²) in [5.41, 5.74) is 0. The predicted octanol–water partition coefficient (Wildman–Crippen LogP) is 2.25. The van der Waals surface area contributed by atoms with Crippen molar-refractivity contribution in [1.29, 1.82) is 0 Å². The monoisotopic (exact) mass is 222 g/mol. The van der Waals surface area contributed by atoms with E-state index in [9.17, 15) is 0 Å². The van der Waals surface area contributed by atoms with Crippen LogP contribution in [0.1, 0.15) is 45.4 Å². The first-order chi connectivity index (χ1) is 7.86. The second kappa shape index (κ2) is 4.66. The zero-order valence-corrected chi connectivity index (χ0v) is 10.6. The van der Waals surface area contributed by atoms with Gasteiger partial charge in [-0.25, -0.2) is 0 Å². The number of fused-ring (bicyclic) bond motifs is 1. The molecular formula is C14H26N2. The minimum Gasteiger partial charge on any atom is -0.312 e. The van der Waals surface area contributed by atoms with E-state index in [1.54, 1.807) is 0 Å². The van der Waals surface area contributed by atoms with Crippen molar-refractivity contribution in [2.75, 3.05) is 19.6 Å². The Morgan fingerprint density at radius 3 is 2.88 bits per heavy atom. The predicted molar refractivity (Wildman–Crippen MR) is 67.5 cm³/mol. The first-order valence-electron chi connectivity index (χ1n) is 7.34. The molecule has 2 aliphatic heterocycles. The van der Waals surface area contributed by atoms with Crippen LogP contribution >= 0.6 is 0 Å². The zero-order chi connectivity index (χ0) is 11.0. The summed E-state index contributed by atoms with van der Waals surface area (Å²) in [6.45, 7) is 6.35. The second-order valence-electron chi connectivity index (χ2n) is 6.16. The van der Waals surface area contributed by atoms with Crippen molar-refractivity contribution in [2.24, 2.45) is 11.8 Å². The number of nitrogens with zero attached hydrogens (tertiary/aromatic N) is 1. The highest BCUT2D eigenvalue weighted by atomic mass is 15.2. The molecule has 0 bridgehead atoms. The summed E-state index contributed by atoms with van der Waals surface area (Å²) in [5, 5.41) is 3.72. The molecule has 4 unspecified atom stereocenters. The van der Waals surface area contributed by atoms with Gasteiger partial charge in [0.25, 0.3) is 0 Å². The molecule has 3 rings (SSSR count). The van der Waals surface area contributed by atoms with Crippen molar-refractivity contribution in [1.82, 2.24) is 10.2 Å². The molecule has 3 fully saturated rings. The Hall–Kier alpha value is -0.0800. The van der Waals surface area contributed by atoms with E-state index in [1.165, 1.54) is 58.2 Å². The fourth-order valence-corrected chi connectivity index (χ4v) is 4.13. The van der Waals surface area contributed by atoms with Gasteiger partial charge in [0.15, 0.2) is 0 Å². The Morgan fingerprint density at radius 1 is 1.19 bits per heavy atom. The van der Waals surface area contributed by atoms with Crippen LogP contribution < -0.4 is 5.32 Å². The molecule has 4 atom stereocenters. The lowest BCUT2D eigenvalue weighted by Gasteiger charge is -2.25. The molecule has 92 valence electrons. The van der Waals surface area contributed by atoms with E-state index < -0.39 is 0 Å². The summed E-state index contributed by atoms with van der Waals surface area (Å²) < 4.78 is 0. The smallest absolute Gasteiger partial charge is 0.0235 e. The average Bonchev–Trinajstić information content (AvgIpc) is 2.95. The first-order valence-corrected chi connectivity index (χ1v) is 7.34. The molecule has 2 nitrogen and oxygen atoms in total. The number of nitrogens with one attached hydrogen (secondary N) is 1. The maximum Gasteiger partial charge on any atom is 0.0235 e. The van der Waals surface area contributed by atoms with E-state index >= 15 is 0 Å². The Balaban J connectivity index is 1.57. The Kier molecular flexibility index (Phi) is 3.21. The molecule has 0 aromatic heterocycles. The molecule has 1 N–H and O–H groups in total. The van der Waals surface area contributed by atoms with Crippen molar-refractivity contribution >= 4 is 0 Å². The van der Waals surface area contributed by atoms with Crippen molar-refractivity contribution in [3.05, 3.63) is 0 Å². The van der Waals surface area contributed by atoms with Crippen LogP contribution in [0.3, 0.4) is 0 Å². The van der Waals surface area contributed by atoms with Gasteiger partial charge in [0.05, 0.1) is 0 Å². The van der Waals surface area contributed by atoms with Gasteiger partial charge in [-0.3, -0.25) is 4.90 Å². The molecule has 3 aliphatic rings. The van der Waals surface area contributed by atoms with Crippen LogP contribution in [0.25, 0.3) is 0 Å². The molecule has 2 heterocycles. The lowest BCUT2D eigenvalue weighted by Crippen LogP contribution is -2.41. The second-order valence-corrected chi connectivity index (χ2v) is 6.16. The van der Waals surface area contributed by atoms with Crippen molar-refractivity contribution in [2.45, 2.75) is 57.5 Å². The molecule has 1 aliphatic carbocycles. The van der Waals surface area contributed by atoms with Gasteiger partial charge >= 0.3 is 0 Å². The lowest BCUT2D eigenvalue weighted by atomic mass is 9.94. The summed E-state index contributed by atoms with van der Waals surface area (Å²) in [6.07, 6.45) is 8.71. The van der Waals surface area contributed by atoms with Gasteiger partial charge < -0.3 is 5.32 Å². The van der Waals surface area contributed by atoms with E-state index in [2.05, 4.69) is 17.1 Å². The van der Waals surface area contributed by atoms with Gasteiger partial charge in [-0.1, -0.05) is 13.3 Å². The average molecular weight is 222 g/mol. The summed E-state index contributed by atoms with van der Waals surface area (Å²) >= 11 is 0. The van der Waals surface area contributed by atoms with Gasteiger partial charge in [0.2, 0.25) is 0 Å². The summed E-state index contributed by atoms with van der Waals surface area (Å²) in [5.74, 6) is 2.00. The van der Waals surface area contributed by atoms with E-state index in [0.717, 1.165) is 23.9 Å². The van der Waals surface area contributed by atoms with Crippen LogP contribution in [0.5, 0.6) is 0 Å². The number of likely N-dealkylation sites (tertiary alicyclic amines) is 1. The minimum absolute atomic E-state index is 0.828. The first kappa shape index (κ1) is 11.0. The lowest BCUT2D eigenvalue weighted by molar-refractivity contribution is 0.230.